The molecule has 0 spiro atoms. The van der Waals surface area contributed by atoms with Crippen LogP contribution in [0.4, 0.5) is 0 Å². The van der Waals surface area contributed by atoms with E-state index in [1.807, 2.05) is 18.2 Å². The van der Waals surface area contributed by atoms with Crippen molar-refractivity contribution in [3.05, 3.63) is 65.7 Å². The van der Waals surface area contributed by atoms with Crippen LogP contribution in [0.3, 0.4) is 0 Å². The van der Waals surface area contributed by atoms with Gasteiger partial charge >= 0.3 is 0 Å². The molecule has 0 bridgehead atoms. The Kier molecular flexibility index (Phi) is 10.3. The zero-order valence-electron chi connectivity index (χ0n) is 17.7. The summed E-state index contributed by atoms with van der Waals surface area (Å²) in [6.07, 6.45) is 8.60. The molecule has 0 aliphatic rings. The van der Waals surface area contributed by atoms with Gasteiger partial charge in [0.05, 0.1) is 0 Å². The van der Waals surface area contributed by atoms with Gasteiger partial charge in [-0.15, -0.1) is 0 Å². The van der Waals surface area contributed by atoms with E-state index in [1.165, 1.54) is 42.6 Å². The third kappa shape index (κ3) is 8.13. The van der Waals surface area contributed by atoms with E-state index in [0.29, 0.717) is 6.61 Å². The molecule has 0 heterocycles. The molecule has 2 aromatic carbocycles. The second kappa shape index (κ2) is 12.7. The fraction of sp³-hybridized carbons (Fsp3) is 0.462. The lowest BCUT2D eigenvalue weighted by molar-refractivity contribution is 0.0685. The van der Waals surface area contributed by atoms with E-state index in [2.05, 4.69) is 69.0 Å². The molecule has 0 aromatic heterocycles. The van der Waals surface area contributed by atoms with Gasteiger partial charge in [0.15, 0.2) is 4.93 Å². The fourth-order valence-electron chi connectivity index (χ4n) is 3.13. The van der Waals surface area contributed by atoms with E-state index in [1.54, 1.807) is 11.8 Å². The topological polar surface area (TPSA) is 9.23 Å². The zero-order chi connectivity index (χ0) is 20.1. The van der Waals surface area contributed by atoms with E-state index < -0.39 is 4.93 Å². The van der Waals surface area contributed by atoms with Crippen molar-refractivity contribution in [2.75, 3.05) is 6.61 Å². The predicted octanol–water partition coefficient (Wildman–Crippen LogP) is 7.62. The highest BCUT2D eigenvalue weighted by molar-refractivity contribution is 8.00. The molecule has 28 heavy (non-hydrogen) atoms. The average molecular weight is 395 g/mol. The minimum atomic E-state index is -0.495. The standard InChI is InChI=1S/C26H34OS/c1-4-6-7-8-9-13-21-26(27-5-2,22-20-24-14-11-10-12-15-24)28-25-18-16-23(3)17-19-25/h10-12,14-19H,4-9,13,21H2,1-3H3. The summed E-state index contributed by atoms with van der Waals surface area (Å²) >= 11 is 1.76. The molecule has 0 saturated carbocycles. The van der Waals surface area contributed by atoms with Crippen molar-refractivity contribution in [2.45, 2.75) is 75.5 Å². The van der Waals surface area contributed by atoms with Crippen LogP contribution in [0.15, 0.2) is 59.5 Å². The van der Waals surface area contributed by atoms with Crippen LogP contribution in [0.5, 0.6) is 0 Å². The molecule has 1 nitrogen and oxygen atoms in total. The van der Waals surface area contributed by atoms with Gasteiger partial charge in [0.1, 0.15) is 0 Å². The maximum Gasteiger partial charge on any atom is 0.179 e. The fourth-order valence-corrected chi connectivity index (χ4v) is 4.31. The Morgan fingerprint density at radius 2 is 1.54 bits per heavy atom. The Bertz CT molecular complexity index is 727. The van der Waals surface area contributed by atoms with Crippen molar-refractivity contribution in [1.29, 1.82) is 0 Å². The second-order valence-electron chi connectivity index (χ2n) is 7.23. The third-order valence-corrected chi connectivity index (χ3v) is 5.97. The highest BCUT2D eigenvalue weighted by Gasteiger charge is 2.29. The molecule has 0 fully saturated rings. The largest absolute Gasteiger partial charge is 0.353 e. The summed E-state index contributed by atoms with van der Waals surface area (Å²) in [6, 6.07) is 18.9. The van der Waals surface area contributed by atoms with E-state index in [9.17, 15) is 0 Å². The number of hydrogen-bond acceptors (Lipinski definition) is 2. The summed E-state index contributed by atoms with van der Waals surface area (Å²) in [4.78, 5) is 0.720. The van der Waals surface area contributed by atoms with E-state index in [4.69, 9.17) is 4.74 Å². The first-order valence-corrected chi connectivity index (χ1v) is 11.5. The molecule has 0 radical (unpaired) electrons. The van der Waals surface area contributed by atoms with Crippen molar-refractivity contribution < 1.29 is 4.74 Å². The first kappa shape index (κ1) is 22.6. The van der Waals surface area contributed by atoms with Crippen LogP contribution in [0.25, 0.3) is 0 Å². The van der Waals surface area contributed by atoms with Crippen LogP contribution in [0.2, 0.25) is 0 Å². The quantitative estimate of drug-likeness (QED) is 0.168. The lowest BCUT2D eigenvalue weighted by Gasteiger charge is -2.28. The van der Waals surface area contributed by atoms with Crippen LogP contribution < -0.4 is 0 Å². The number of rotatable bonds is 11. The molecular weight excluding hydrogens is 360 g/mol. The lowest BCUT2D eigenvalue weighted by Crippen LogP contribution is -2.27. The number of unbranched alkanes of at least 4 members (excludes halogenated alkanes) is 5. The summed E-state index contributed by atoms with van der Waals surface area (Å²) in [7, 11) is 0. The van der Waals surface area contributed by atoms with E-state index >= 15 is 0 Å². The SMILES string of the molecule is CCCCCCCCC(C#Cc1ccccc1)(OCC)Sc1ccc(C)cc1. The number of aryl methyl sites for hydroxylation is 1. The Balaban J connectivity index is 2.17. The van der Waals surface area contributed by atoms with Crippen LogP contribution in [0.1, 0.15) is 69.9 Å². The van der Waals surface area contributed by atoms with E-state index in [0.717, 1.165) is 18.4 Å². The second-order valence-corrected chi connectivity index (χ2v) is 8.57. The number of benzene rings is 2. The van der Waals surface area contributed by atoms with Crippen LogP contribution in [0, 0.1) is 18.8 Å². The highest BCUT2D eigenvalue weighted by Crippen LogP contribution is 2.38. The van der Waals surface area contributed by atoms with Crippen molar-refractivity contribution >= 4 is 11.8 Å². The predicted molar refractivity (Wildman–Crippen MR) is 123 cm³/mol. The molecule has 0 aliphatic carbocycles. The Morgan fingerprint density at radius 3 is 2.21 bits per heavy atom. The van der Waals surface area contributed by atoms with Gasteiger partial charge in [-0.3, -0.25) is 0 Å². The smallest absolute Gasteiger partial charge is 0.179 e. The minimum Gasteiger partial charge on any atom is -0.353 e. The van der Waals surface area contributed by atoms with Gasteiger partial charge < -0.3 is 4.74 Å². The summed E-state index contributed by atoms with van der Waals surface area (Å²) in [5.74, 6) is 6.87. The molecule has 0 aliphatic heterocycles. The first-order chi connectivity index (χ1) is 13.7. The minimum absolute atomic E-state index is 0.495. The maximum atomic E-state index is 6.30. The molecule has 1 unspecified atom stereocenters. The van der Waals surface area contributed by atoms with Gasteiger partial charge in [0.2, 0.25) is 0 Å². The maximum absolute atomic E-state index is 6.30. The molecule has 2 heteroatoms. The molecule has 2 aromatic rings. The number of ether oxygens (including phenoxy) is 1. The van der Waals surface area contributed by atoms with Gasteiger partial charge in [0.25, 0.3) is 0 Å². The van der Waals surface area contributed by atoms with Crippen molar-refractivity contribution in [3.63, 3.8) is 0 Å². The number of hydrogen-bond donors (Lipinski definition) is 0. The monoisotopic (exact) mass is 394 g/mol. The van der Waals surface area contributed by atoms with E-state index in [-0.39, 0.29) is 0 Å². The summed E-state index contributed by atoms with van der Waals surface area (Å²) in [6.45, 7) is 7.11. The van der Waals surface area contributed by atoms with Gasteiger partial charge in [-0.05, 0) is 51.0 Å². The van der Waals surface area contributed by atoms with Crippen molar-refractivity contribution in [1.82, 2.24) is 0 Å². The molecule has 0 amide bonds. The normalized spacial score (nSPS) is 12.8. The Hall–Kier alpha value is -1.69. The number of thioether (sulfide) groups is 1. The van der Waals surface area contributed by atoms with Gasteiger partial charge in [0, 0.05) is 17.1 Å². The zero-order valence-corrected chi connectivity index (χ0v) is 18.5. The van der Waals surface area contributed by atoms with Crippen molar-refractivity contribution in [3.8, 4) is 11.8 Å². The molecule has 1 atom stereocenters. The molecule has 0 saturated heterocycles. The first-order valence-electron chi connectivity index (χ1n) is 10.7. The molecular formula is C26H34OS. The van der Waals surface area contributed by atoms with Crippen LogP contribution >= 0.6 is 11.8 Å². The van der Waals surface area contributed by atoms with Gasteiger partial charge in [-0.1, -0.05) is 98.5 Å². The lowest BCUT2D eigenvalue weighted by atomic mass is 10.1. The molecule has 0 N–H and O–H groups in total. The summed E-state index contributed by atoms with van der Waals surface area (Å²) < 4.78 is 6.30. The molecule has 150 valence electrons. The summed E-state index contributed by atoms with van der Waals surface area (Å²) in [5.41, 5.74) is 2.32. The van der Waals surface area contributed by atoms with Crippen molar-refractivity contribution in [2.24, 2.45) is 0 Å². The third-order valence-electron chi connectivity index (χ3n) is 4.71. The van der Waals surface area contributed by atoms with Gasteiger partial charge in [-0.2, -0.15) is 0 Å². The Labute approximate surface area is 176 Å². The highest BCUT2D eigenvalue weighted by atomic mass is 32.2. The van der Waals surface area contributed by atoms with Crippen LogP contribution in [-0.2, 0) is 4.74 Å². The van der Waals surface area contributed by atoms with Crippen LogP contribution in [-0.4, -0.2) is 11.5 Å². The Morgan fingerprint density at radius 1 is 0.857 bits per heavy atom. The average Bonchev–Trinajstić information content (AvgIpc) is 2.72. The summed E-state index contributed by atoms with van der Waals surface area (Å²) in [5, 5.41) is 0. The van der Waals surface area contributed by atoms with Gasteiger partial charge in [-0.25, -0.2) is 0 Å². The molecule has 2 rings (SSSR count).